The molecule has 0 saturated heterocycles. The number of carbonyl (C=O) groups is 2. The quantitative estimate of drug-likeness (QED) is 0.454. The topological polar surface area (TPSA) is 101 Å². The second-order valence-electron chi connectivity index (χ2n) is 5.46. The van der Waals surface area contributed by atoms with E-state index in [1.807, 2.05) is 31.2 Å². The van der Waals surface area contributed by atoms with Gasteiger partial charge in [0.1, 0.15) is 0 Å². The van der Waals surface area contributed by atoms with Gasteiger partial charge in [0.25, 0.3) is 5.69 Å². The summed E-state index contributed by atoms with van der Waals surface area (Å²) in [6.45, 7) is 1.84. The van der Waals surface area contributed by atoms with Crippen molar-refractivity contribution in [3.63, 3.8) is 0 Å². The number of nitrogens with zero attached hydrogens (tertiary/aromatic N) is 1. The molecule has 0 aliphatic heterocycles. The van der Waals surface area contributed by atoms with Gasteiger partial charge in [-0.25, -0.2) is 0 Å². The number of carbonyl (C=O) groups excluding carboxylic acids is 2. The summed E-state index contributed by atoms with van der Waals surface area (Å²) in [5.41, 5.74) is 2.38. The van der Waals surface area contributed by atoms with Crippen molar-refractivity contribution in [3.05, 3.63) is 75.8 Å². The zero-order valence-electron chi connectivity index (χ0n) is 14.3. The fourth-order valence-electron chi connectivity index (χ4n) is 2.25. The van der Waals surface area contributed by atoms with Gasteiger partial charge >= 0.3 is 0 Å². The predicted molar refractivity (Wildman–Crippen MR) is 99.6 cm³/mol. The van der Waals surface area contributed by atoms with Crippen LogP contribution in [0.2, 0.25) is 0 Å². The van der Waals surface area contributed by atoms with Crippen molar-refractivity contribution >= 4 is 29.3 Å². The number of hydrogen-bond acceptors (Lipinski definition) is 4. The Morgan fingerprint density at radius 3 is 2.46 bits per heavy atom. The fraction of sp³-hybridized carbons (Fsp3) is 0.158. The number of anilines is 1. The zero-order valence-corrected chi connectivity index (χ0v) is 14.3. The molecule has 0 spiro atoms. The van der Waals surface area contributed by atoms with E-state index in [4.69, 9.17) is 0 Å². The first kappa shape index (κ1) is 18.9. The van der Waals surface area contributed by atoms with Crippen LogP contribution in [-0.2, 0) is 16.0 Å². The molecule has 0 aliphatic carbocycles. The van der Waals surface area contributed by atoms with E-state index in [2.05, 4.69) is 10.6 Å². The average Bonchev–Trinajstić information content (AvgIpc) is 2.65. The van der Waals surface area contributed by atoms with E-state index in [0.717, 1.165) is 17.7 Å². The number of aryl methyl sites for hydroxylation is 1. The van der Waals surface area contributed by atoms with E-state index < -0.39 is 10.8 Å². The van der Waals surface area contributed by atoms with Crippen molar-refractivity contribution in [2.45, 2.75) is 13.3 Å². The first-order chi connectivity index (χ1) is 12.5. The number of benzene rings is 2. The van der Waals surface area contributed by atoms with E-state index >= 15 is 0 Å². The van der Waals surface area contributed by atoms with Crippen molar-refractivity contribution in [1.82, 2.24) is 5.32 Å². The lowest BCUT2D eigenvalue weighted by atomic mass is 10.1. The molecule has 2 aromatic carbocycles. The van der Waals surface area contributed by atoms with Crippen LogP contribution < -0.4 is 10.6 Å². The van der Waals surface area contributed by atoms with Crippen LogP contribution in [0.25, 0.3) is 6.08 Å². The Morgan fingerprint density at radius 2 is 1.81 bits per heavy atom. The number of nitro groups is 1. The second-order valence-corrected chi connectivity index (χ2v) is 5.46. The Bertz CT molecular complexity index is 829. The van der Waals surface area contributed by atoms with Gasteiger partial charge in [0.2, 0.25) is 11.8 Å². The summed E-state index contributed by atoms with van der Waals surface area (Å²) < 4.78 is 0. The first-order valence-corrected chi connectivity index (χ1v) is 8.07. The van der Waals surface area contributed by atoms with Crippen LogP contribution in [0, 0.1) is 10.1 Å². The third kappa shape index (κ3) is 5.55. The normalized spacial score (nSPS) is 10.5. The number of amides is 2. The fourth-order valence-corrected chi connectivity index (χ4v) is 2.25. The van der Waals surface area contributed by atoms with E-state index in [0.29, 0.717) is 5.56 Å². The van der Waals surface area contributed by atoms with Crippen LogP contribution in [0.4, 0.5) is 11.4 Å². The average molecular weight is 353 g/mol. The summed E-state index contributed by atoms with van der Waals surface area (Å²) in [6.07, 6.45) is 3.58. The zero-order chi connectivity index (χ0) is 18.9. The molecule has 0 aliphatic rings. The highest BCUT2D eigenvalue weighted by atomic mass is 16.6. The molecule has 0 heterocycles. The Morgan fingerprint density at radius 1 is 1.12 bits per heavy atom. The van der Waals surface area contributed by atoms with Gasteiger partial charge in [-0.1, -0.05) is 25.1 Å². The molecule has 26 heavy (non-hydrogen) atoms. The summed E-state index contributed by atoms with van der Waals surface area (Å²) in [5, 5.41) is 15.8. The molecule has 2 rings (SSSR count). The van der Waals surface area contributed by atoms with Gasteiger partial charge in [0.15, 0.2) is 0 Å². The van der Waals surface area contributed by atoms with Crippen molar-refractivity contribution < 1.29 is 14.5 Å². The van der Waals surface area contributed by atoms with Crippen LogP contribution >= 0.6 is 0 Å². The molecule has 7 heteroatoms. The van der Waals surface area contributed by atoms with Crippen molar-refractivity contribution in [2.75, 3.05) is 11.9 Å². The molecule has 0 fully saturated rings. The molecule has 2 N–H and O–H groups in total. The molecule has 2 amide bonds. The maximum atomic E-state index is 11.9. The summed E-state index contributed by atoms with van der Waals surface area (Å²) in [6, 6.07) is 13.3. The van der Waals surface area contributed by atoms with Gasteiger partial charge in [-0.3, -0.25) is 19.7 Å². The Labute approximate surface area is 150 Å². The Kier molecular flexibility index (Phi) is 6.61. The monoisotopic (exact) mass is 353 g/mol. The molecule has 0 aromatic heterocycles. The van der Waals surface area contributed by atoms with Gasteiger partial charge in [0, 0.05) is 23.9 Å². The third-order valence-electron chi connectivity index (χ3n) is 3.63. The summed E-state index contributed by atoms with van der Waals surface area (Å²) in [4.78, 5) is 33.8. The number of nitro benzene ring substituents is 1. The summed E-state index contributed by atoms with van der Waals surface area (Å²) in [5.74, 6) is -0.745. The number of hydrogen-bond donors (Lipinski definition) is 2. The second kappa shape index (κ2) is 9.12. The SMILES string of the molecule is CCc1ccccc1NC(=O)CNC(=O)/C=C/c1ccc([N+](=O)[O-])cc1. The van der Waals surface area contributed by atoms with Crippen LogP contribution in [0.1, 0.15) is 18.1 Å². The van der Waals surface area contributed by atoms with Crippen LogP contribution in [0.5, 0.6) is 0 Å². The van der Waals surface area contributed by atoms with E-state index in [1.165, 1.54) is 36.4 Å². The number of non-ortho nitro benzene ring substituents is 1. The van der Waals surface area contributed by atoms with Crippen LogP contribution in [0.15, 0.2) is 54.6 Å². The van der Waals surface area contributed by atoms with Crippen LogP contribution in [0.3, 0.4) is 0 Å². The highest BCUT2D eigenvalue weighted by Gasteiger charge is 2.07. The van der Waals surface area contributed by atoms with E-state index in [-0.39, 0.29) is 18.1 Å². The van der Waals surface area contributed by atoms with Gasteiger partial charge in [-0.15, -0.1) is 0 Å². The maximum Gasteiger partial charge on any atom is 0.269 e. The van der Waals surface area contributed by atoms with Crippen molar-refractivity contribution in [3.8, 4) is 0 Å². The predicted octanol–water partition coefficient (Wildman–Crippen LogP) is 2.93. The van der Waals surface area contributed by atoms with Gasteiger partial charge < -0.3 is 10.6 Å². The summed E-state index contributed by atoms with van der Waals surface area (Å²) >= 11 is 0. The third-order valence-corrected chi connectivity index (χ3v) is 3.63. The molecule has 0 unspecified atom stereocenters. The van der Waals surface area contributed by atoms with E-state index in [1.54, 1.807) is 0 Å². The smallest absolute Gasteiger partial charge is 0.269 e. The standard InChI is InChI=1S/C19H19N3O4/c1-2-15-5-3-4-6-17(15)21-19(24)13-20-18(23)12-9-14-7-10-16(11-8-14)22(25)26/h3-12H,2,13H2,1H3,(H,20,23)(H,21,24)/b12-9+. The largest absolute Gasteiger partial charge is 0.343 e. The highest BCUT2D eigenvalue weighted by molar-refractivity contribution is 5.98. The molecule has 2 aromatic rings. The first-order valence-electron chi connectivity index (χ1n) is 8.07. The maximum absolute atomic E-state index is 11.9. The lowest BCUT2D eigenvalue weighted by Crippen LogP contribution is -2.31. The molecule has 0 atom stereocenters. The molecule has 0 radical (unpaired) electrons. The van der Waals surface area contributed by atoms with Crippen LogP contribution in [-0.4, -0.2) is 23.3 Å². The minimum absolute atomic E-state index is 0.0179. The molecule has 7 nitrogen and oxygen atoms in total. The minimum atomic E-state index is -0.491. The summed E-state index contributed by atoms with van der Waals surface area (Å²) in [7, 11) is 0. The molecular formula is C19H19N3O4. The Hall–Kier alpha value is -3.48. The minimum Gasteiger partial charge on any atom is -0.343 e. The van der Waals surface area contributed by atoms with Crippen molar-refractivity contribution in [2.24, 2.45) is 0 Å². The number of para-hydroxylation sites is 1. The highest BCUT2D eigenvalue weighted by Crippen LogP contribution is 2.15. The molecule has 0 saturated carbocycles. The molecule has 0 bridgehead atoms. The van der Waals surface area contributed by atoms with Gasteiger partial charge in [-0.05, 0) is 41.8 Å². The number of nitrogens with one attached hydrogen (secondary N) is 2. The lowest BCUT2D eigenvalue weighted by Gasteiger charge is -2.09. The molecule has 134 valence electrons. The lowest BCUT2D eigenvalue weighted by molar-refractivity contribution is -0.384. The Balaban J connectivity index is 1.84. The molecular weight excluding hydrogens is 334 g/mol. The van der Waals surface area contributed by atoms with Gasteiger partial charge in [-0.2, -0.15) is 0 Å². The number of rotatable bonds is 7. The van der Waals surface area contributed by atoms with Gasteiger partial charge in [0.05, 0.1) is 11.5 Å². The van der Waals surface area contributed by atoms with E-state index in [9.17, 15) is 19.7 Å². The van der Waals surface area contributed by atoms with Crippen molar-refractivity contribution in [1.29, 1.82) is 0 Å².